The van der Waals surface area contributed by atoms with Crippen molar-refractivity contribution in [2.24, 2.45) is 5.73 Å². The monoisotopic (exact) mass is 302 g/mol. The molecule has 0 aliphatic carbocycles. The van der Waals surface area contributed by atoms with Crippen LogP contribution in [0.3, 0.4) is 0 Å². The maximum atomic E-state index is 13.7. The van der Waals surface area contributed by atoms with E-state index in [9.17, 15) is 12.8 Å². The van der Waals surface area contributed by atoms with Gasteiger partial charge in [0, 0.05) is 17.6 Å². The van der Waals surface area contributed by atoms with Gasteiger partial charge in [-0.2, -0.15) is 0 Å². The van der Waals surface area contributed by atoms with Gasteiger partial charge in [0.25, 0.3) is 0 Å². The minimum absolute atomic E-state index is 0.0333. The van der Waals surface area contributed by atoms with Gasteiger partial charge in [0.2, 0.25) is 10.0 Å². The van der Waals surface area contributed by atoms with Gasteiger partial charge in [-0.15, -0.1) is 0 Å². The second-order valence-corrected chi connectivity index (χ2v) is 7.34. The zero-order valence-electron chi connectivity index (χ0n) is 12.5. The summed E-state index contributed by atoms with van der Waals surface area (Å²) in [6.07, 6.45) is 1.59. The molecule has 0 radical (unpaired) electrons. The highest BCUT2D eigenvalue weighted by Crippen LogP contribution is 2.21. The van der Waals surface area contributed by atoms with E-state index < -0.39 is 21.4 Å². The Balaban J connectivity index is 3.20. The lowest BCUT2D eigenvalue weighted by Crippen LogP contribution is -2.43. The average molecular weight is 302 g/mol. The summed E-state index contributed by atoms with van der Waals surface area (Å²) in [7, 11) is -3.68. The van der Waals surface area contributed by atoms with Crippen LogP contribution < -0.4 is 10.5 Å². The molecule has 0 heterocycles. The van der Waals surface area contributed by atoms with E-state index in [2.05, 4.69) is 4.72 Å². The van der Waals surface area contributed by atoms with Gasteiger partial charge < -0.3 is 5.73 Å². The van der Waals surface area contributed by atoms with Crippen LogP contribution in [0.5, 0.6) is 0 Å². The number of rotatable bonds is 6. The van der Waals surface area contributed by atoms with E-state index in [4.69, 9.17) is 5.73 Å². The van der Waals surface area contributed by atoms with Crippen LogP contribution in [0.25, 0.3) is 0 Å². The van der Waals surface area contributed by atoms with Crippen LogP contribution in [0.4, 0.5) is 4.39 Å². The highest BCUT2D eigenvalue weighted by atomic mass is 32.2. The van der Waals surface area contributed by atoms with Crippen LogP contribution in [0.15, 0.2) is 17.0 Å². The molecule has 4 nitrogen and oxygen atoms in total. The van der Waals surface area contributed by atoms with Crippen molar-refractivity contribution in [2.75, 3.05) is 0 Å². The number of sulfonamides is 1. The molecular formula is C14H23FN2O2S. The number of aryl methyl sites for hydroxylation is 1. The Labute approximate surface area is 120 Å². The second kappa shape index (κ2) is 6.20. The van der Waals surface area contributed by atoms with E-state index in [1.54, 1.807) is 0 Å². The summed E-state index contributed by atoms with van der Waals surface area (Å²) in [5, 5.41) is 0. The minimum atomic E-state index is -3.68. The van der Waals surface area contributed by atoms with Gasteiger partial charge in [-0.3, -0.25) is 0 Å². The molecule has 0 amide bonds. The van der Waals surface area contributed by atoms with Gasteiger partial charge in [-0.25, -0.2) is 17.5 Å². The van der Waals surface area contributed by atoms with Crippen molar-refractivity contribution in [3.63, 3.8) is 0 Å². The third kappa shape index (κ3) is 4.01. The number of benzene rings is 1. The minimum Gasteiger partial charge on any atom is -0.326 e. The zero-order chi connectivity index (χ0) is 15.6. The highest BCUT2D eigenvalue weighted by Gasteiger charge is 2.26. The molecule has 0 fully saturated rings. The van der Waals surface area contributed by atoms with Crippen LogP contribution >= 0.6 is 0 Å². The first-order valence-electron chi connectivity index (χ1n) is 6.66. The molecule has 0 aliphatic rings. The summed E-state index contributed by atoms with van der Waals surface area (Å²) in [6.45, 7) is 7.15. The summed E-state index contributed by atoms with van der Waals surface area (Å²) in [5.74, 6) is -0.445. The molecule has 0 aromatic heterocycles. The summed E-state index contributed by atoms with van der Waals surface area (Å²) >= 11 is 0. The SMILES string of the molecule is CCCC(C)(C)NS(=O)(=O)c1cc(C)c(F)c(CN)c1. The largest absolute Gasteiger partial charge is 0.326 e. The Bertz CT molecular complexity index is 583. The molecule has 0 bridgehead atoms. The van der Waals surface area contributed by atoms with Crippen molar-refractivity contribution >= 4 is 10.0 Å². The van der Waals surface area contributed by atoms with Crippen molar-refractivity contribution in [3.8, 4) is 0 Å². The first kappa shape index (κ1) is 17.1. The molecule has 0 saturated carbocycles. The molecule has 6 heteroatoms. The number of halogens is 1. The van der Waals surface area contributed by atoms with Crippen molar-refractivity contribution in [1.82, 2.24) is 4.72 Å². The molecule has 0 spiro atoms. The highest BCUT2D eigenvalue weighted by molar-refractivity contribution is 7.89. The van der Waals surface area contributed by atoms with Crippen LogP contribution in [0.2, 0.25) is 0 Å². The predicted molar refractivity (Wildman–Crippen MR) is 78.3 cm³/mol. The first-order valence-corrected chi connectivity index (χ1v) is 8.14. The van der Waals surface area contributed by atoms with Crippen molar-refractivity contribution in [1.29, 1.82) is 0 Å². The van der Waals surface area contributed by atoms with E-state index >= 15 is 0 Å². The van der Waals surface area contributed by atoms with E-state index in [1.807, 2.05) is 20.8 Å². The molecule has 20 heavy (non-hydrogen) atoms. The van der Waals surface area contributed by atoms with E-state index in [0.29, 0.717) is 0 Å². The Morgan fingerprint density at radius 3 is 2.45 bits per heavy atom. The predicted octanol–water partition coefficient (Wildman–Crippen LogP) is 2.45. The van der Waals surface area contributed by atoms with Crippen LogP contribution in [-0.2, 0) is 16.6 Å². The fourth-order valence-electron chi connectivity index (χ4n) is 2.21. The molecule has 3 N–H and O–H groups in total. The van der Waals surface area contributed by atoms with E-state index in [1.165, 1.54) is 19.1 Å². The fraction of sp³-hybridized carbons (Fsp3) is 0.571. The summed E-state index contributed by atoms with van der Waals surface area (Å²) in [4.78, 5) is 0.0565. The zero-order valence-corrected chi connectivity index (χ0v) is 13.3. The number of hydrogen-bond donors (Lipinski definition) is 2. The number of nitrogens with one attached hydrogen (secondary N) is 1. The normalized spacial score (nSPS) is 12.7. The van der Waals surface area contributed by atoms with Crippen molar-refractivity contribution in [3.05, 3.63) is 29.1 Å². The number of hydrogen-bond acceptors (Lipinski definition) is 3. The maximum absolute atomic E-state index is 13.7. The fourth-order valence-corrected chi connectivity index (χ4v) is 3.79. The van der Waals surface area contributed by atoms with E-state index in [-0.39, 0.29) is 22.6 Å². The molecular weight excluding hydrogens is 279 g/mol. The Kier molecular flexibility index (Phi) is 5.29. The van der Waals surface area contributed by atoms with Gasteiger partial charge in [-0.1, -0.05) is 13.3 Å². The Morgan fingerprint density at radius 2 is 1.95 bits per heavy atom. The lowest BCUT2D eigenvalue weighted by atomic mass is 10.0. The quantitative estimate of drug-likeness (QED) is 0.848. The summed E-state index contributed by atoms with van der Waals surface area (Å²) in [6, 6.07) is 2.63. The maximum Gasteiger partial charge on any atom is 0.241 e. The lowest BCUT2D eigenvalue weighted by molar-refractivity contribution is 0.417. The first-order chi connectivity index (χ1) is 9.13. The molecule has 1 aromatic rings. The van der Waals surface area contributed by atoms with Crippen molar-refractivity contribution < 1.29 is 12.8 Å². The molecule has 1 aromatic carbocycles. The molecule has 0 saturated heterocycles. The topological polar surface area (TPSA) is 72.2 Å². The van der Waals surface area contributed by atoms with E-state index in [0.717, 1.165) is 12.8 Å². The summed E-state index contributed by atoms with van der Waals surface area (Å²) in [5.41, 5.74) is 5.39. The lowest BCUT2D eigenvalue weighted by Gasteiger charge is -2.25. The molecule has 0 atom stereocenters. The number of nitrogens with two attached hydrogens (primary N) is 1. The van der Waals surface area contributed by atoms with Gasteiger partial charge in [0.05, 0.1) is 4.90 Å². The average Bonchev–Trinajstić information content (AvgIpc) is 2.30. The summed E-state index contributed by atoms with van der Waals surface area (Å²) < 4.78 is 41.2. The van der Waals surface area contributed by atoms with Gasteiger partial charge >= 0.3 is 0 Å². The molecule has 1 rings (SSSR count). The smallest absolute Gasteiger partial charge is 0.241 e. The molecule has 114 valence electrons. The second-order valence-electron chi connectivity index (χ2n) is 5.66. The van der Waals surface area contributed by atoms with Crippen molar-refractivity contribution in [2.45, 2.75) is 57.5 Å². The standard InChI is InChI=1S/C14H23FN2O2S/c1-5-6-14(3,4)17-20(18,19)12-7-10(2)13(15)11(8-12)9-16/h7-8,17H,5-6,9,16H2,1-4H3. The molecule has 0 unspecified atom stereocenters. The van der Waals surface area contributed by atoms with Crippen LogP contribution in [0, 0.1) is 12.7 Å². The van der Waals surface area contributed by atoms with Gasteiger partial charge in [0.1, 0.15) is 5.82 Å². The third-order valence-electron chi connectivity index (χ3n) is 3.12. The van der Waals surface area contributed by atoms with Gasteiger partial charge in [-0.05, 0) is 44.9 Å². The van der Waals surface area contributed by atoms with Crippen LogP contribution in [0.1, 0.15) is 44.7 Å². The van der Waals surface area contributed by atoms with Crippen LogP contribution in [-0.4, -0.2) is 14.0 Å². The van der Waals surface area contributed by atoms with Gasteiger partial charge in [0.15, 0.2) is 0 Å². The Hall–Kier alpha value is -0.980. The Morgan fingerprint density at radius 1 is 1.35 bits per heavy atom. The third-order valence-corrected chi connectivity index (χ3v) is 4.80. The molecule has 0 aliphatic heterocycles.